The summed E-state index contributed by atoms with van der Waals surface area (Å²) in [7, 11) is -3.75. The van der Waals surface area contributed by atoms with Gasteiger partial charge in [0.15, 0.2) is 0 Å². The number of nitrogens with zero attached hydrogens (tertiary/aromatic N) is 1. The maximum Gasteiger partial charge on any atom is 0.338 e. The standard InChI is InChI=1S/C26H28N2O5S2/c1-5-28(35(31,32)23-14-12-22(34-4)13-15-23)21-10-7-19(8-11-21)25(29)27-24-16-9-20(17-18(24)3)26(30)33-6-2/h7-17H,5-6H2,1-4H3,(H,27,29). The molecule has 7 nitrogen and oxygen atoms in total. The highest BCUT2D eigenvalue weighted by Gasteiger charge is 2.24. The van der Waals surface area contributed by atoms with Crippen LogP contribution < -0.4 is 9.62 Å². The van der Waals surface area contributed by atoms with Gasteiger partial charge >= 0.3 is 5.97 Å². The lowest BCUT2D eigenvalue weighted by molar-refractivity contribution is 0.0526. The third kappa shape index (κ3) is 6.04. The molecule has 3 aromatic rings. The predicted molar refractivity (Wildman–Crippen MR) is 140 cm³/mol. The van der Waals surface area contributed by atoms with Crippen molar-refractivity contribution in [1.82, 2.24) is 0 Å². The van der Waals surface area contributed by atoms with Crippen LogP contribution in [0.1, 0.15) is 40.1 Å². The van der Waals surface area contributed by atoms with E-state index in [1.807, 2.05) is 6.26 Å². The van der Waals surface area contributed by atoms with E-state index in [1.54, 1.807) is 99.3 Å². The monoisotopic (exact) mass is 512 g/mol. The number of rotatable bonds is 9. The molecule has 1 N–H and O–H groups in total. The molecule has 0 aliphatic carbocycles. The average molecular weight is 513 g/mol. The SMILES string of the molecule is CCOC(=O)c1ccc(NC(=O)c2ccc(N(CC)S(=O)(=O)c3ccc(SC)cc3)cc2)c(C)c1. The first-order valence-corrected chi connectivity index (χ1v) is 13.7. The minimum Gasteiger partial charge on any atom is -0.462 e. The van der Waals surface area contributed by atoms with E-state index in [1.165, 1.54) is 4.31 Å². The van der Waals surface area contributed by atoms with Crippen molar-refractivity contribution in [1.29, 1.82) is 0 Å². The molecule has 1 amide bonds. The number of nitrogens with one attached hydrogen (secondary N) is 1. The molecule has 0 heterocycles. The maximum absolute atomic E-state index is 13.2. The van der Waals surface area contributed by atoms with Crippen molar-refractivity contribution in [2.45, 2.75) is 30.6 Å². The average Bonchev–Trinajstić information content (AvgIpc) is 2.86. The third-order valence-corrected chi connectivity index (χ3v) is 8.00. The van der Waals surface area contributed by atoms with Crippen LogP contribution in [0, 0.1) is 6.92 Å². The normalized spacial score (nSPS) is 11.1. The highest BCUT2D eigenvalue weighted by Crippen LogP contribution is 2.26. The van der Waals surface area contributed by atoms with E-state index in [4.69, 9.17) is 4.74 Å². The fourth-order valence-corrected chi connectivity index (χ4v) is 5.37. The fraction of sp³-hybridized carbons (Fsp3) is 0.231. The number of hydrogen-bond donors (Lipinski definition) is 1. The molecule has 3 aromatic carbocycles. The highest BCUT2D eigenvalue weighted by molar-refractivity contribution is 7.98. The summed E-state index contributed by atoms with van der Waals surface area (Å²) < 4.78 is 32.7. The maximum atomic E-state index is 13.2. The van der Waals surface area contributed by atoms with Crippen LogP contribution in [0.5, 0.6) is 0 Å². The number of amides is 1. The lowest BCUT2D eigenvalue weighted by atomic mass is 10.1. The summed E-state index contributed by atoms with van der Waals surface area (Å²) in [6.45, 7) is 5.81. The van der Waals surface area contributed by atoms with Crippen molar-refractivity contribution in [3.8, 4) is 0 Å². The summed E-state index contributed by atoms with van der Waals surface area (Å²) in [5.41, 5.74) is 2.54. The second-order valence-corrected chi connectivity index (χ2v) is 10.3. The first-order valence-electron chi connectivity index (χ1n) is 11.1. The van der Waals surface area contributed by atoms with E-state index >= 15 is 0 Å². The van der Waals surface area contributed by atoms with Crippen LogP contribution in [-0.4, -0.2) is 39.7 Å². The van der Waals surface area contributed by atoms with Crippen LogP contribution >= 0.6 is 11.8 Å². The van der Waals surface area contributed by atoms with Gasteiger partial charge in [0.2, 0.25) is 0 Å². The molecule has 0 saturated carbocycles. The van der Waals surface area contributed by atoms with E-state index in [0.717, 1.165) is 10.5 Å². The summed E-state index contributed by atoms with van der Waals surface area (Å²) in [6, 6.07) is 18.1. The van der Waals surface area contributed by atoms with E-state index in [2.05, 4.69) is 5.32 Å². The fourth-order valence-electron chi connectivity index (χ4n) is 3.49. The summed E-state index contributed by atoms with van der Waals surface area (Å²) in [4.78, 5) is 25.9. The second kappa shape index (κ2) is 11.4. The first kappa shape index (κ1) is 26.3. The second-order valence-electron chi connectivity index (χ2n) is 7.60. The van der Waals surface area contributed by atoms with Crippen molar-refractivity contribution in [3.05, 3.63) is 83.4 Å². The van der Waals surface area contributed by atoms with Gasteiger partial charge < -0.3 is 10.1 Å². The summed E-state index contributed by atoms with van der Waals surface area (Å²) in [5.74, 6) is -0.762. The quantitative estimate of drug-likeness (QED) is 0.306. The Hall–Kier alpha value is -3.30. The zero-order valence-electron chi connectivity index (χ0n) is 20.1. The molecule has 0 fully saturated rings. The zero-order valence-corrected chi connectivity index (χ0v) is 21.7. The van der Waals surface area contributed by atoms with E-state index < -0.39 is 16.0 Å². The molecule has 0 aliphatic heterocycles. The van der Waals surface area contributed by atoms with Crippen molar-refractivity contribution < 1.29 is 22.7 Å². The van der Waals surface area contributed by atoms with Gasteiger partial charge in [-0.15, -0.1) is 11.8 Å². The Balaban J connectivity index is 1.77. The number of esters is 1. The van der Waals surface area contributed by atoms with Gasteiger partial charge in [0.25, 0.3) is 15.9 Å². The Kier molecular flexibility index (Phi) is 8.58. The van der Waals surface area contributed by atoms with Gasteiger partial charge in [0.1, 0.15) is 0 Å². The Morgan fingerprint density at radius 3 is 2.11 bits per heavy atom. The van der Waals surface area contributed by atoms with Crippen molar-refractivity contribution in [2.24, 2.45) is 0 Å². The van der Waals surface area contributed by atoms with Gasteiger partial charge in [-0.05, 0) is 99.3 Å². The number of hydrogen-bond acceptors (Lipinski definition) is 6. The van der Waals surface area contributed by atoms with Crippen molar-refractivity contribution in [3.63, 3.8) is 0 Å². The van der Waals surface area contributed by atoms with Crippen molar-refractivity contribution in [2.75, 3.05) is 29.0 Å². The number of sulfonamides is 1. The van der Waals surface area contributed by atoms with Gasteiger partial charge in [-0.1, -0.05) is 0 Å². The molecule has 0 saturated heterocycles. The predicted octanol–water partition coefficient (Wildman–Crippen LogP) is 5.36. The van der Waals surface area contributed by atoms with Gasteiger partial charge in [0, 0.05) is 22.7 Å². The van der Waals surface area contributed by atoms with Crippen LogP contribution in [0.15, 0.2) is 76.5 Å². The molecule has 0 atom stereocenters. The highest BCUT2D eigenvalue weighted by atomic mass is 32.2. The minimum atomic E-state index is -3.75. The van der Waals surface area contributed by atoms with Gasteiger partial charge in [-0.3, -0.25) is 9.10 Å². The number of carbonyl (C=O) groups excluding carboxylic acids is 2. The number of benzene rings is 3. The summed E-state index contributed by atoms with van der Waals surface area (Å²) in [6.07, 6.45) is 1.93. The van der Waals surface area contributed by atoms with Crippen LogP contribution in [-0.2, 0) is 14.8 Å². The molecular weight excluding hydrogens is 484 g/mol. The molecular formula is C26H28N2O5S2. The van der Waals surface area contributed by atoms with Crippen LogP contribution in [0.4, 0.5) is 11.4 Å². The van der Waals surface area contributed by atoms with Crippen LogP contribution in [0.2, 0.25) is 0 Å². The Morgan fingerprint density at radius 2 is 1.57 bits per heavy atom. The van der Waals surface area contributed by atoms with Gasteiger partial charge in [-0.2, -0.15) is 0 Å². The Morgan fingerprint density at radius 1 is 0.943 bits per heavy atom. The topological polar surface area (TPSA) is 92.8 Å². The lowest BCUT2D eigenvalue weighted by Crippen LogP contribution is -2.30. The van der Waals surface area contributed by atoms with Crippen LogP contribution in [0.3, 0.4) is 0 Å². The number of aryl methyl sites for hydroxylation is 1. The molecule has 35 heavy (non-hydrogen) atoms. The van der Waals surface area contributed by atoms with Gasteiger partial charge in [-0.25, -0.2) is 13.2 Å². The summed E-state index contributed by atoms with van der Waals surface area (Å²) >= 11 is 1.54. The molecule has 9 heteroatoms. The number of anilines is 2. The number of ether oxygens (including phenoxy) is 1. The van der Waals surface area contributed by atoms with E-state index in [-0.39, 0.29) is 24.0 Å². The molecule has 184 valence electrons. The van der Waals surface area contributed by atoms with Crippen molar-refractivity contribution >= 4 is 45.0 Å². The molecule has 0 radical (unpaired) electrons. The first-order chi connectivity index (χ1) is 16.7. The summed E-state index contributed by atoms with van der Waals surface area (Å²) in [5, 5.41) is 2.83. The lowest BCUT2D eigenvalue weighted by Gasteiger charge is -2.23. The smallest absolute Gasteiger partial charge is 0.338 e. The molecule has 0 aromatic heterocycles. The number of thioether (sulfide) groups is 1. The van der Waals surface area contributed by atoms with Crippen LogP contribution in [0.25, 0.3) is 0 Å². The molecule has 0 spiro atoms. The van der Waals surface area contributed by atoms with E-state index in [9.17, 15) is 18.0 Å². The Bertz CT molecular complexity index is 1300. The Labute approximate surface area is 210 Å². The minimum absolute atomic E-state index is 0.209. The third-order valence-electron chi connectivity index (χ3n) is 5.34. The number of carbonyl (C=O) groups is 2. The zero-order chi connectivity index (χ0) is 25.6. The molecule has 0 aliphatic rings. The molecule has 3 rings (SSSR count). The molecule has 0 bridgehead atoms. The van der Waals surface area contributed by atoms with E-state index in [0.29, 0.717) is 22.5 Å². The van der Waals surface area contributed by atoms with Gasteiger partial charge in [0.05, 0.1) is 22.8 Å². The largest absolute Gasteiger partial charge is 0.462 e. The molecule has 0 unspecified atom stereocenters.